The number of aliphatic hydroxyl groups excluding tert-OH is 1. The molecule has 0 aromatic carbocycles. The van der Waals surface area contributed by atoms with Crippen molar-refractivity contribution in [2.45, 2.75) is 51.2 Å². The van der Waals surface area contributed by atoms with Gasteiger partial charge in [-0.1, -0.05) is 19.8 Å². The van der Waals surface area contributed by atoms with Crippen molar-refractivity contribution in [2.24, 2.45) is 0 Å². The van der Waals surface area contributed by atoms with Crippen LogP contribution in [0.3, 0.4) is 0 Å². The van der Waals surface area contributed by atoms with E-state index in [1.54, 1.807) is 0 Å². The molecule has 0 spiro atoms. The lowest BCUT2D eigenvalue weighted by atomic mass is 9.91. The fraction of sp³-hybridized carbons (Fsp3) is 1.00. The number of nitrogens with one attached hydrogen (secondary N) is 1. The lowest BCUT2D eigenvalue weighted by Crippen LogP contribution is -2.45. The molecule has 1 aliphatic rings. The molecular weight excluding hydrogens is 188 g/mol. The third kappa shape index (κ3) is 4.49. The molecule has 0 aromatic heterocycles. The number of likely N-dealkylation sites (N-methyl/N-ethyl adjacent to an activating group) is 1. The van der Waals surface area contributed by atoms with Crippen molar-refractivity contribution in [2.75, 3.05) is 26.7 Å². The first-order valence-electron chi connectivity index (χ1n) is 6.34. The molecule has 1 saturated carbocycles. The fourth-order valence-electron chi connectivity index (χ4n) is 2.33. The summed E-state index contributed by atoms with van der Waals surface area (Å²) >= 11 is 0. The van der Waals surface area contributed by atoms with Crippen molar-refractivity contribution in [3.63, 3.8) is 0 Å². The van der Waals surface area contributed by atoms with Crippen LogP contribution in [0.15, 0.2) is 0 Å². The SMILES string of the molecule is CCCNCCN(C)C1CCCCC1O. The first-order valence-corrected chi connectivity index (χ1v) is 6.34. The summed E-state index contributed by atoms with van der Waals surface area (Å²) in [5.41, 5.74) is 0. The average Bonchev–Trinajstić information content (AvgIpc) is 2.25. The molecule has 0 amide bonds. The molecule has 0 heterocycles. The van der Waals surface area contributed by atoms with E-state index in [-0.39, 0.29) is 6.10 Å². The topological polar surface area (TPSA) is 35.5 Å². The lowest BCUT2D eigenvalue weighted by Gasteiger charge is -2.35. The van der Waals surface area contributed by atoms with Crippen molar-refractivity contribution in [1.82, 2.24) is 10.2 Å². The van der Waals surface area contributed by atoms with E-state index < -0.39 is 0 Å². The van der Waals surface area contributed by atoms with E-state index in [2.05, 4.69) is 24.2 Å². The maximum atomic E-state index is 9.88. The first kappa shape index (κ1) is 12.9. The van der Waals surface area contributed by atoms with Gasteiger partial charge in [0.25, 0.3) is 0 Å². The monoisotopic (exact) mass is 214 g/mol. The van der Waals surface area contributed by atoms with Gasteiger partial charge >= 0.3 is 0 Å². The standard InChI is InChI=1S/C12H26N2O/c1-3-8-13-9-10-14(2)11-6-4-5-7-12(11)15/h11-13,15H,3-10H2,1-2H3. The second-order valence-corrected chi connectivity index (χ2v) is 4.65. The Kier molecular flexibility index (Phi) is 6.22. The zero-order chi connectivity index (χ0) is 11.1. The molecule has 2 unspecified atom stereocenters. The Bertz CT molecular complexity index is 164. The normalized spacial score (nSPS) is 27.2. The highest BCUT2D eigenvalue weighted by Gasteiger charge is 2.25. The van der Waals surface area contributed by atoms with Gasteiger partial charge in [-0.25, -0.2) is 0 Å². The van der Waals surface area contributed by atoms with Crippen LogP contribution in [0.1, 0.15) is 39.0 Å². The molecule has 0 aromatic rings. The van der Waals surface area contributed by atoms with Gasteiger partial charge < -0.3 is 10.4 Å². The van der Waals surface area contributed by atoms with E-state index in [1.807, 2.05) is 0 Å². The summed E-state index contributed by atoms with van der Waals surface area (Å²) in [6.07, 6.45) is 5.70. The van der Waals surface area contributed by atoms with Crippen molar-refractivity contribution in [1.29, 1.82) is 0 Å². The van der Waals surface area contributed by atoms with Crippen LogP contribution >= 0.6 is 0 Å². The predicted molar refractivity (Wildman–Crippen MR) is 64.1 cm³/mol. The van der Waals surface area contributed by atoms with Gasteiger partial charge in [0.2, 0.25) is 0 Å². The molecule has 90 valence electrons. The Morgan fingerprint density at radius 1 is 1.27 bits per heavy atom. The molecule has 0 aliphatic heterocycles. The Labute approximate surface area is 93.9 Å². The maximum Gasteiger partial charge on any atom is 0.0695 e. The minimum atomic E-state index is -0.102. The van der Waals surface area contributed by atoms with E-state index in [1.165, 1.54) is 19.3 Å². The van der Waals surface area contributed by atoms with Gasteiger partial charge in [0.1, 0.15) is 0 Å². The zero-order valence-corrected chi connectivity index (χ0v) is 10.2. The van der Waals surface area contributed by atoms with Crippen molar-refractivity contribution < 1.29 is 5.11 Å². The Morgan fingerprint density at radius 2 is 2.00 bits per heavy atom. The molecule has 2 N–H and O–H groups in total. The number of nitrogens with zero attached hydrogens (tertiary/aromatic N) is 1. The maximum absolute atomic E-state index is 9.88. The molecule has 3 nitrogen and oxygen atoms in total. The lowest BCUT2D eigenvalue weighted by molar-refractivity contribution is 0.0328. The molecule has 15 heavy (non-hydrogen) atoms. The predicted octanol–water partition coefficient (Wildman–Crippen LogP) is 1.22. The van der Waals surface area contributed by atoms with Gasteiger partial charge in [-0.3, -0.25) is 4.90 Å². The summed E-state index contributed by atoms with van der Waals surface area (Å²) in [6, 6.07) is 0.391. The summed E-state index contributed by atoms with van der Waals surface area (Å²) in [7, 11) is 2.13. The van der Waals surface area contributed by atoms with Gasteiger partial charge in [-0.2, -0.15) is 0 Å². The number of hydrogen-bond acceptors (Lipinski definition) is 3. The minimum absolute atomic E-state index is 0.102. The molecule has 0 bridgehead atoms. The number of hydrogen-bond donors (Lipinski definition) is 2. The molecule has 0 saturated heterocycles. The summed E-state index contributed by atoms with van der Waals surface area (Å²) in [6.45, 7) is 5.36. The van der Waals surface area contributed by atoms with Gasteiger partial charge in [0.05, 0.1) is 6.10 Å². The fourth-order valence-corrected chi connectivity index (χ4v) is 2.33. The van der Waals surface area contributed by atoms with Gasteiger partial charge in [-0.15, -0.1) is 0 Å². The Hall–Kier alpha value is -0.120. The first-order chi connectivity index (χ1) is 7.25. The van der Waals surface area contributed by atoms with Gasteiger partial charge in [-0.05, 0) is 32.9 Å². The summed E-state index contributed by atoms with van der Waals surface area (Å²) in [4.78, 5) is 2.31. The van der Waals surface area contributed by atoms with Crippen molar-refractivity contribution in [3.8, 4) is 0 Å². The van der Waals surface area contributed by atoms with E-state index in [4.69, 9.17) is 0 Å². The van der Waals surface area contributed by atoms with Crippen LogP contribution in [0.5, 0.6) is 0 Å². The molecule has 3 heteroatoms. The van der Waals surface area contributed by atoms with Crippen molar-refractivity contribution >= 4 is 0 Å². The second-order valence-electron chi connectivity index (χ2n) is 4.65. The van der Waals surface area contributed by atoms with Crippen LogP contribution in [0.2, 0.25) is 0 Å². The van der Waals surface area contributed by atoms with E-state index in [0.717, 1.165) is 32.5 Å². The van der Waals surface area contributed by atoms with Crippen LogP contribution in [0, 0.1) is 0 Å². The zero-order valence-electron chi connectivity index (χ0n) is 10.2. The highest BCUT2D eigenvalue weighted by molar-refractivity contribution is 4.81. The highest BCUT2D eigenvalue weighted by Crippen LogP contribution is 2.21. The minimum Gasteiger partial charge on any atom is -0.391 e. The van der Waals surface area contributed by atoms with Gasteiger partial charge in [0, 0.05) is 19.1 Å². The van der Waals surface area contributed by atoms with Crippen LogP contribution in [0.25, 0.3) is 0 Å². The highest BCUT2D eigenvalue weighted by atomic mass is 16.3. The van der Waals surface area contributed by atoms with Crippen LogP contribution in [-0.4, -0.2) is 48.8 Å². The smallest absolute Gasteiger partial charge is 0.0695 e. The van der Waals surface area contributed by atoms with Crippen LogP contribution in [0.4, 0.5) is 0 Å². The molecule has 0 radical (unpaired) electrons. The largest absolute Gasteiger partial charge is 0.391 e. The number of rotatable bonds is 6. The van der Waals surface area contributed by atoms with Crippen LogP contribution in [-0.2, 0) is 0 Å². The summed E-state index contributed by atoms with van der Waals surface area (Å²) in [5, 5.41) is 13.3. The third-order valence-corrected chi connectivity index (χ3v) is 3.33. The van der Waals surface area contributed by atoms with E-state index in [9.17, 15) is 5.11 Å². The van der Waals surface area contributed by atoms with Gasteiger partial charge in [0.15, 0.2) is 0 Å². The molecular formula is C12H26N2O. The summed E-state index contributed by atoms with van der Waals surface area (Å²) < 4.78 is 0. The Morgan fingerprint density at radius 3 is 2.67 bits per heavy atom. The Balaban J connectivity index is 2.16. The third-order valence-electron chi connectivity index (χ3n) is 3.33. The quantitative estimate of drug-likeness (QED) is 0.653. The number of aliphatic hydroxyl groups is 1. The second kappa shape index (κ2) is 7.20. The molecule has 1 rings (SSSR count). The molecule has 1 fully saturated rings. The molecule has 2 atom stereocenters. The average molecular weight is 214 g/mol. The summed E-state index contributed by atoms with van der Waals surface area (Å²) in [5.74, 6) is 0. The van der Waals surface area contributed by atoms with E-state index in [0.29, 0.717) is 6.04 Å². The molecule has 1 aliphatic carbocycles. The van der Waals surface area contributed by atoms with Crippen molar-refractivity contribution in [3.05, 3.63) is 0 Å². The van der Waals surface area contributed by atoms with E-state index >= 15 is 0 Å². The van der Waals surface area contributed by atoms with Crippen LogP contribution < -0.4 is 5.32 Å².